The topological polar surface area (TPSA) is 84.2 Å². The van der Waals surface area contributed by atoms with Crippen LogP contribution in [0.4, 0.5) is 0 Å². The van der Waals surface area contributed by atoms with Crippen LogP contribution in [0, 0.1) is 0 Å². The van der Waals surface area contributed by atoms with Gasteiger partial charge in [0.1, 0.15) is 4.21 Å². The predicted octanol–water partition coefficient (Wildman–Crippen LogP) is 1.01. The van der Waals surface area contributed by atoms with Gasteiger partial charge in [-0.15, -0.1) is 11.3 Å². The number of hydrogen-bond acceptors (Lipinski definition) is 5. The van der Waals surface area contributed by atoms with Gasteiger partial charge >= 0.3 is 0 Å². The van der Waals surface area contributed by atoms with Crippen molar-refractivity contribution < 1.29 is 13.5 Å². The molecule has 2 aromatic heterocycles. The number of rotatable bonds is 6. The van der Waals surface area contributed by atoms with Crippen LogP contribution in [0.1, 0.15) is 23.1 Å². The molecule has 20 heavy (non-hydrogen) atoms. The molecule has 2 aromatic rings. The van der Waals surface area contributed by atoms with Crippen molar-refractivity contribution >= 4 is 21.4 Å². The molecule has 0 radical (unpaired) electrons. The lowest BCUT2D eigenvalue weighted by atomic mass is 10.2. The second kappa shape index (κ2) is 6.04. The minimum Gasteiger partial charge on any atom is -0.391 e. The molecule has 0 fully saturated rings. The summed E-state index contributed by atoms with van der Waals surface area (Å²) in [5.41, 5.74) is 1.76. The van der Waals surface area contributed by atoms with Crippen LogP contribution in [-0.4, -0.2) is 23.3 Å². The van der Waals surface area contributed by atoms with Crippen LogP contribution in [0.5, 0.6) is 0 Å². The fourth-order valence-electron chi connectivity index (χ4n) is 1.86. The number of aliphatic hydroxyl groups excluding tert-OH is 1. The molecular weight excluding hydrogens is 298 g/mol. The van der Waals surface area contributed by atoms with Crippen LogP contribution in [-0.2, 0) is 36.6 Å². The van der Waals surface area contributed by atoms with Crippen molar-refractivity contribution in [3.8, 4) is 0 Å². The monoisotopic (exact) mass is 315 g/mol. The van der Waals surface area contributed by atoms with Crippen molar-refractivity contribution in [1.29, 1.82) is 0 Å². The van der Waals surface area contributed by atoms with Crippen molar-refractivity contribution in [1.82, 2.24) is 14.5 Å². The lowest BCUT2D eigenvalue weighted by Gasteiger charge is -2.04. The number of aromatic nitrogens is 2. The molecule has 0 spiro atoms. The van der Waals surface area contributed by atoms with Crippen LogP contribution in [0.15, 0.2) is 22.5 Å². The van der Waals surface area contributed by atoms with E-state index in [1.807, 2.05) is 20.2 Å². The first-order valence-electron chi connectivity index (χ1n) is 6.17. The zero-order chi connectivity index (χ0) is 14.8. The summed E-state index contributed by atoms with van der Waals surface area (Å²) in [6, 6.07) is 3.11. The third kappa shape index (κ3) is 3.26. The highest BCUT2D eigenvalue weighted by molar-refractivity contribution is 7.91. The van der Waals surface area contributed by atoms with Gasteiger partial charge in [-0.3, -0.25) is 4.68 Å². The zero-order valence-corrected chi connectivity index (χ0v) is 13.0. The fourth-order valence-corrected chi connectivity index (χ4v) is 4.13. The Bertz CT molecular complexity index is 689. The number of aliphatic hydroxyl groups is 1. The Morgan fingerprint density at radius 1 is 1.45 bits per heavy atom. The van der Waals surface area contributed by atoms with Crippen molar-refractivity contribution in [2.45, 2.75) is 30.7 Å². The molecule has 0 aromatic carbocycles. The SMILES string of the molecule is CCc1nn(C)cc1CNS(=O)(=O)c1ccc(CO)s1. The summed E-state index contributed by atoms with van der Waals surface area (Å²) in [4.78, 5) is 0.626. The van der Waals surface area contributed by atoms with E-state index in [4.69, 9.17) is 5.11 Å². The summed E-state index contributed by atoms with van der Waals surface area (Å²) in [6.07, 6.45) is 2.57. The van der Waals surface area contributed by atoms with Crippen LogP contribution < -0.4 is 4.72 Å². The highest BCUT2D eigenvalue weighted by atomic mass is 32.2. The minimum atomic E-state index is -3.54. The predicted molar refractivity (Wildman–Crippen MR) is 76.9 cm³/mol. The Labute approximate surface area is 122 Å². The van der Waals surface area contributed by atoms with Gasteiger partial charge in [0.15, 0.2) is 0 Å². The molecule has 0 aliphatic heterocycles. The van der Waals surface area contributed by atoms with Gasteiger partial charge in [0.2, 0.25) is 10.0 Å². The molecule has 0 bridgehead atoms. The second-order valence-corrected chi connectivity index (χ2v) is 7.49. The van der Waals surface area contributed by atoms with E-state index in [1.165, 1.54) is 6.07 Å². The third-order valence-electron chi connectivity index (χ3n) is 2.84. The molecule has 0 amide bonds. The lowest BCUT2D eigenvalue weighted by Crippen LogP contribution is -2.22. The normalized spacial score (nSPS) is 11.9. The van der Waals surface area contributed by atoms with Gasteiger partial charge < -0.3 is 5.11 Å². The molecule has 2 heterocycles. The number of aryl methyl sites for hydroxylation is 2. The Balaban J connectivity index is 2.12. The van der Waals surface area contributed by atoms with E-state index in [2.05, 4.69) is 9.82 Å². The highest BCUT2D eigenvalue weighted by Crippen LogP contribution is 2.21. The molecule has 0 atom stereocenters. The third-order valence-corrected chi connectivity index (χ3v) is 5.80. The highest BCUT2D eigenvalue weighted by Gasteiger charge is 2.17. The quantitative estimate of drug-likeness (QED) is 0.833. The first kappa shape index (κ1) is 15.2. The van der Waals surface area contributed by atoms with E-state index in [9.17, 15) is 8.42 Å². The Hall–Kier alpha value is -1.22. The van der Waals surface area contributed by atoms with E-state index in [0.717, 1.165) is 29.0 Å². The molecule has 6 nitrogen and oxygen atoms in total. The molecule has 2 N–H and O–H groups in total. The Morgan fingerprint density at radius 3 is 2.80 bits per heavy atom. The molecule has 0 aliphatic carbocycles. The Kier molecular flexibility index (Phi) is 4.59. The first-order valence-corrected chi connectivity index (χ1v) is 8.47. The van der Waals surface area contributed by atoms with Crippen LogP contribution >= 0.6 is 11.3 Å². The van der Waals surface area contributed by atoms with Crippen LogP contribution in [0.25, 0.3) is 0 Å². The van der Waals surface area contributed by atoms with Crippen molar-refractivity contribution in [2.24, 2.45) is 7.05 Å². The second-order valence-electron chi connectivity index (χ2n) is 4.33. The number of nitrogens with zero attached hydrogens (tertiary/aromatic N) is 2. The van der Waals surface area contributed by atoms with Crippen molar-refractivity contribution in [2.75, 3.05) is 0 Å². The largest absolute Gasteiger partial charge is 0.391 e. The maximum atomic E-state index is 12.1. The minimum absolute atomic E-state index is 0.150. The van der Waals surface area contributed by atoms with Crippen molar-refractivity contribution in [3.05, 3.63) is 34.5 Å². The fraction of sp³-hybridized carbons (Fsp3) is 0.417. The summed E-state index contributed by atoms with van der Waals surface area (Å²) in [7, 11) is -1.73. The number of hydrogen-bond donors (Lipinski definition) is 2. The van der Waals surface area contributed by atoms with Gasteiger partial charge in [-0.1, -0.05) is 6.92 Å². The molecular formula is C12H17N3O3S2. The molecule has 0 saturated heterocycles. The maximum Gasteiger partial charge on any atom is 0.250 e. The first-order chi connectivity index (χ1) is 9.46. The number of nitrogens with one attached hydrogen (secondary N) is 1. The lowest BCUT2D eigenvalue weighted by molar-refractivity contribution is 0.285. The average Bonchev–Trinajstić information content (AvgIpc) is 3.02. The van der Waals surface area contributed by atoms with E-state index >= 15 is 0 Å². The molecule has 110 valence electrons. The van der Waals surface area contributed by atoms with Crippen LogP contribution in [0.2, 0.25) is 0 Å². The number of thiophene rings is 1. The summed E-state index contributed by atoms with van der Waals surface area (Å²) < 4.78 is 28.7. The van der Waals surface area contributed by atoms with E-state index in [0.29, 0.717) is 4.88 Å². The average molecular weight is 315 g/mol. The van der Waals surface area contributed by atoms with E-state index < -0.39 is 10.0 Å². The molecule has 0 aliphatic rings. The van der Waals surface area contributed by atoms with Gasteiger partial charge in [0, 0.05) is 30.2 Å². The Morgan fingerprint density at radius 2 is 2.20 bits per heavy atom. The smallest absolute Gasteiger partial charge is 0.250 e. The van der Waals surface area contributed by atoms with Gasteiger partial charge in [0.25, 0.3) is 0 Å². The summed E-state index contributed by atoms with van der Waals surface area (Å²) in [5, 5.41) is 13.3. The van der Waals surface area contributed by atoms with E-state index in [-0.39, 0.29) is 17.4 Å². The zero-order valence-electron chi connectivity index (χ0n) is 11.3. The van der Waals surface area contributed by atoms with Gasteiger partial charge in [-0.25, -0.2) is 13.1 Å². The van der Waals surface area contributed by atoms with E-state index in [1.54, 1.807) is 10.7 Å². The van der Waals surface area contributed by atoms with Gasteiger partial charge in [0.05, 0.1) is 12.3 Å². The molecule has 0 unspecified atom stereocenters. The molecule has 8 heteroatoms. The summed E-state index contributed by atoms with van der Waals surface area (Å²) in [6.45, 7) is 2.04. The summed E-state index contributed by atoms with van der Waals surface area (Å²) >= 11 is 1.07. The number of sulfonamides is 1. The van der Waals surface area contributed by atoms with Crippen LogP contribution in [0.3, 0.4) is 0 Å². The molecule has 0 saturated carbocycles. The molecule has 2 rings (SSSR count). The van der Waals surface area contributed by atoms with Gasteiger partial charge in [-0.2, -0.15) is 5.10 Å². The standard InChI is InChI=1S/C12H17N3O3S2/c1-3-11-9(7-15(2)14-11)6-13-20(17,18)12-5-4-10(8-16)19-12/h4-5,7,13,16H,3,6,8H2,1-2H3. The maximum absolute atomic E-state index is 12.1. The van der Waals surface area contributed by atoms with Gasteiger partial charge in [-0.05, 0) is 18.6 Å². The van der Waals surface area contributed by atoms with Crippen molar-refractivity contribution in [3.63, 3.8) is 0 Å². The summed E-state index contributed by atoms with van der Waals surface area (Å²) in [5.74, 6) is 0.